The topological polar surface area (TPSA) is 46.6 Å². The molecule has 1 fully saturated rings. The molecule has 0 saturated heterocycles. The van der Waals surface area contributed by atoms with E-state index in [1.54, 1.807) is 11.8 Å². The van der Waals surface area contributed by atoms with Crippen LogP contribution in [0.1, 0.15) is 26.7 Å². The van der Waals surface area contributed by atoms with E-state index >= 15 is 0 Å². The van der Waals surface area contributed by atoms with E-state index in [9.17, 15) is 9.59 Å². The number of thioether (sulfide) groups is 1. The van der Waals surface area contributed by atoms with Crippen molar-refractivity contribution in [2.75, 3.05) is 19.7 Å². The lowest BCUT2D eigenvalue weighted by molar-refractivity contribution is -0.148. The van der Waals surface area contributed by atoms with Crippen LogP contribution in [-0.2, 0) is 14.3 Å². The summed E-state index contributed by atoms with van der Waals surface area (Å²) in [6.07, 6.45) is 2.26. The van der Waals surface area contributed by atoms with Crippen molar-refractivity contribution in [1.82, 2.24) is 4.90 Å². The number of amides is 1. The van der Waals surface area contributed by atoms with E-state index in [1.807, 2.05) is 31.2 Å². The van der Waals surface area contributed by atoms with E-state index in [0.29, 0.717) is 24.1 Å². The van der Waals surface area contributed by atoms with Crippen LogP contribution in [0, 0.1) is 5.92 Å². The van der Waals surface area contributed by atoms with Gasteiger partial charge in [-0.1, -0.05) is 11.6 Å². The van der Waals surface area contributed by atoms with Crippen molar-refractivity contribution in [2.24, 2.45) is 5.92 Å². The molecule has 1 aromatic carbocycles. The Kier molecular flexibility index (Phi) is 6.78. The Morgan fingerprint density at radius 2 is 2.00 bits per heavy atom. The van der Waals surface area contributed by atoms with E-state index in [1.165, 1.54) is 11.8 Å². The summed E-state index contributed by atoms with van der Waals surface area (Å²) in [5, 5.41) is 0.412. The molecule has 1 unspecified atom stereocenters. The van der Waals surface area contributed by atoms with Gasteiger partial charge in [0.25, 0.3) is 0 Å². The molecular formula is C17H22ClNO3S. The first-order chi connectivity index (χ1) is 11.0. The average Bonchev–Trinajstić information content (AvgIpc) is 3.32. The molecule has 1 amide bonds. The van der Waals surface area contributed by atoms with Gasteiger partial charge in [0.15, 0.2) is 0 Å². The molecule has 126 valence electrons. The third-order valence-electron chi connectivity index (χ3n) is 3.59. The van der Waals surface area contributed by atoms with E-state index in [4.69, 9.17) is 16.3 Å². The van der Waals surface area contributed by atoms with Gasteiger partial charge in [-0.25, -0.2) is 0 Å². The van der Waals surface area contributed by atoms with Crippen LogP contribution in [0.25, 0.3) is 0 Å². The van der Waals surface area contributed by atoms with Crippen molar-refractivity contribution in [2.45, 2.75) is 36.8 Å². The minimum atomic E-state index is -0.342. The minimum Gasteiger partial charge on any atom is -0.465 e. The zero-order chi connectivity index (χ0) is 16.8. The Balaban J connectivity index is 1.96. The molecule has 0 spiro atoms. The van der Waals surface area contributed by atoms with E-state index < -0.39 is 0 Å². The molecule has 1 saturated carbocycles. The Labute approximate surface area is 146 Å². The number of hydrogen-bond acceptors (Lipinski definition) is 4. The number of hydrogen-bond donors (Lipinski definition) is 0. The van der Waals surface area contributed by atoms with Crippen molar-refractivity contribution in [3.05, 3.63) is 29.3 Å². The number of halogens is 1. The summed E-state index contributed by atoms with van der Waals surface area (Å²) in [6.45, 7) is 4.65. The minimum absolute atomic E-state index is 0.0232. The monoisotopic (exact) mass is 355 g/mol. The lowest BCUT2D eigenvalue weighted by Crippen LogP contribution is -2.41. The second-order valence-corrected chi connectivity index (χ2v) is 7.53. The second-order valence-electron chi connectivity index (χ2n) is 5.68. The van der Waals surface area contributed by atoms with E-state index in [-0.39, 0.29) is 23.7 Å². The molecule has 23 heavy (non-hydrogen) atoms. The normalized spacial score (nSPS) is 15.1. The molecule has 0 N–H and O–H groups in total. The smallest absolute Gasteiger partial charge is 0.325 e. The SMILES string of the molecule is CCOC(=O)CN(CC1CC1)C(=O)C(C)Sc1ccc(Cl)cc1. The number of nitrogens with zero attached hydrogens (tertiary/aromatic N) is 1. The van der Waals surface area contributed by atoms with Crippen LogP contribution >= 0.6 is 23.4 Å². The fourth-order valence-corrected chi connectivity index (χ4v) is 3.31. The number of carbonyl (C=O) groups is 2. The molecule has 0 radical (unpaired) electrons. The van der Waals surface area contributed by atoms with Crippen LogP contribution in [0.4, 0.5) is 0 Å². The Morgan fingerprint density at radius 1 is 1.35 bits per heavy atom. The van der Waals surface area contributed by atoms with Crippen molar-refractivity contribution in [3.8, 4) is 0 Å². The summed E-state index contributed by atoms with van der Waals surface area (Å²) < 4.78 is 4.98. The number of rotatable bonds is 8. The van der Waals surface area contributed by atoms with Gasteiger partial charge < -0.3 is 9.64 Å². The van der Waals surface area contributed by atoms with Gasteiger partial charge in [0.2, 0.25) is 5.91 Å². The van der Waals surface area contributed by atoms with Crippen LogP contribution in [0.15, 0.2) is 29.2 Å². The molecule has 1 aromatic rings. The summed E-state index contributed by atoms with van der Waals surface area (Å²) >= 11 is 7.35. The predicted octanol–water partition coefficient (Wildman–Crippen LogP) is 3.62. The molecule has 4 nitrogen and oxygen atoms in total. The van der Waals surface area contributed by atoms with Crippen molar-refractivity contribution in [3.63, 3.8) is 0 Å². The third-order valence-corrected chi connectivity index (χ3v) is 4.94. The molecule has 2 rings (SSSR count). The lowest BCUT2D eigenvalue weighted by atomic mass is 10.3. The Morgan fingerprint density at radius 3 is 2.57 bits per heavy atom. The fourth-order valence-electron chi connectivity index (χ4n) is 2.23. The van der Waals surface area contributed by atoms with Crippen LogP contribution in [-0.4, -0.2) is 41.7 Å². The predicted molar refractivity (Wildman–Crippen MR) is 92.7 cm³/mol. The lowest BCUT2D eigenvalue weighted by Gasteiger charge is -2.24. The van der Waals surface area contributed by atoms with Gasteiger partial charge in [-0.3, -0.25) is 9.59 Å². The van der Waals surface area contributed by atoms with E-state index in [2.05, 4.69) is 0 Å². The highest BCUT2D eigenvalue weighted by atomic mass is 35.5. The fraction of sp³-hybridized carbons (Fsp3) is 0.529. The van der Waals surface area contributed by atoms with Crippen molar-refractivity contribution in [1.29, 1.82) is 0 Å². The zero-order valence-electron chi connectivity index (χ0n) is 13.5. The summed E-state index contributed by atoms with van der Waals surface area (Å²) in [6, 6.07) is 7.41. The average molecular weight is 356 g/mol. The Bertz CT molecular complexity index is 545. The summed E-state index contributed by atoms with van der Waals surface area (Å²) in [4.78, 5) is 27.1. The van der Waals surface area contributed by atoms with E-state index in [0.717, 1.165) is 17.7 Å². The number of esters is 1. The summed E-state index contributed by atoms with van der Waals surface area (Å²) in [5.41, 5.74) is 0. The number of carbonyl (C=O) groups excluding carboxylic acids is 2. The molecular weight excluding hydrogens is 334 g/mol. The molecule has 6 heteroatoms. The van der Waals surface area contributed by atoms with Crippen molar-refractivity contribution < 1.29 is 14.3 Å². The standard InChI is InChI=1S/C17H22ClNO3S/c1-3-22-16(20)11-19(10-13-4-5-13)17(21)12(2)23-15-8-6-14(18)7-9-15/h6-9,12-13H,3-5,10-11H2,1-2H3. The molecule has 1 aliphatic rings. The highest BCUT2D eigenvalue weighted by Gasteiger charge is 2.30. The molecule has 0 bridgehead atoms. The van der Waals surface area contributed by atoms with Crippen LogP contribution in [0.2, 0.25) is 5.02 Å². The van der Waals surface area contributed by atoms with Gasteiger partial charge in [0.1, 0.15) is 6.54 Å². The molecule has 0 aromatic heterocycles. The zero-order valence-corrected chi connectivity index (χ0v) is 15.0. The first-order valence-electron chi connectivity index (χ1n) is 7.86. The highest BCUT2D eigenvalue weighted by molar-refractivity contribution is 8.00. The van der Waals surface area contributed by atoms with Crippen LogP contribution < -0.4 is 0 Å². The van der Waals surface area contributed by atoms with Gasteiger partial charge in [-0.15, -0.1) is 11.8 Å². The maximum atomic E-state index is 12.7. The largest absolute Gasteiger partial charge is 0.465 e. The third kappa shape index (κ3) is 6.07. The number of ether oxygens (including phenoxy) is 1. The van der Waals surface area contributed by atoms with Crippen molar-refractivity contribution >= 4 is 35.2 Å². The highest BCUT2D eigenvalue weighted by Crippen LogP contribution is 2.31. The first kappa shape index (κ1) is 18.1. The van der Waals surface area contributed by atoms with Gasteiger partial charge in [0.05, 0.1) is 11.9 Å². The molecule has 1 atom stereocenters. The molecule has 1 aliphatic carbocycles. The summed E-state index contributed by atoms with van der Waals surface area (Å²) in [5.74, 6) is 0.163. The number of benzene rings is 1. The summed E-state index contributed by atoms with van der Waals surface area (Å²) in [7, 11) is 0. The van der Waals surface area contributed by atoms with Gasteiger partial charge in [-0.2, -0.15) is 0 Å². The van der Waals surface area contributed by atoms with Crippen LogP contribution in [0.3, 0.4) is 0 Å². The maximum Gasteiger partial charge on any atom is 0.325 e. The molecule has 0 aliphatic heterocycles. The van der Waals surface area contributed by atoms with Crippen LogP contribution in [0.5, 0.6) is 0 Å². The maximum absolute atomic E-state index is 12.7. The van der Waals surface area contributed by atoms with Gasteiger partial charge in [0, 0.05) is 16.5 Å². The van der Waals surface area contributed by atoms with Gasteiger partial charge >= 0.3 is 5.97 Å². The quantitative estimate of drug-likeness (QED) is 0.527. The van der Waals surface area contributed by atoms with Gasteiger partial charge in [-0.05, 0) is 56.9 Å². The molecule has 0 heterocycles. The Hall–Kier alpha value is -1.20. The second kappa shape index (κ2) is 8.60. The first-order valence-corrected chi connectivity index (χ1v) is 9.12.